The Kier molecular flexibility index (Phi) is 7.50. The third-order valence-electron chi connectivity index (χ3n) is 3.95. The van der Waals surface area contributed by atoms with Gasteiger partial charge in [-0.2, -0.15) is 0 Å². The van der Waals surface area contributed by atoms with Crippen LogP contribution in [0.1, 0.15) is 17.3 Å². The van der Waals surface area contributed by atoms with Crippen LogP contribution in [-0.2, 0) is 19.9 Å². The number of ether oxygens (including phenoxy) is 1. The first-order chi connectivity index (χ1) is 13.6. The Balaban J connectivity index is 2.19. The number of carbonyl (C=O) groups excluding carboxylic acids is 1. The van der Waals surface area contributed by atoms with Crippen molar-refractivity contribution >= 4 is 43.1 Å². The molecule has 0 spiro atoms. The van der Waals surface area contributed by atoms with E-state index in [9.17, 15) is 21.6 Å². The van der Waals surface area contributed by atoms with Gasteiger partial charge in [0, 0.05) is 22.9 Å². The van der Waals surface area contributed by atoms with Gasteiger partial charge >= 0.3 is 0 Å². The zero-order valence-electron chi connectivity index (χ0n) is 15.8. The van der Waals surface area contributed by atoms with Crippen LogP contribution < -0.4 is 14.8 Å². The van der Waals surface area contributed by atoms with Crippen LogP contribution >= 0.6 is 11.6 Å². The van der Waals surface area contributed by atoms with E-state index in [2.05, 4.69) is 10.0 Å². The average Bonchev–Trinajstić information content (AvgIpc) is 2.68. The maximum Gasteiger partial charge on any atom is 0.262 e. The highest BCUT2D eigenvalue weighted by Crippen LogP contribution is 2.29. The van der Waals surface area contributed by atoms with Crippen LogP contribution in [0.4, 0.5) is 5.69 Å². The predicted molar refractivity (Wildman–Crippen MR) is 112 cm³/mol. The van der Waals surface area contributed by atoms with Crippen molar-refractivity contribution in [2.75, 3.05) is 29.9 Å². The van der Waals surface area contributed by atoms with Crippen LogP contribution in [0.2, 0.25) is 5.02 Å². The minimum absolute atomic E-state index is 0.0186. The molecule has 0 radical (unpaired) electrons. The fourth-order valence-corrected chi connectivity index (χ4v) is 4.32. The van der Waals surface area contributed by atoms with Crippen LogP contribution in [0.5, 0.6) is 5.75 Å². The molecule has 0 unspecified atom stereocenters. The maximum atomic E-state index is 12.7. The summed E-state index contributed by atoms with van der Waals surface area (Å²) < 4.78 is 55.9. The lowest BCUT2D eigenvalue weighted by molar-refractivity contribution is 0.0956. The topological polar surface area (TPSA) is 119 Å². The molecule has 8 nitrogen and oxygen atoms in total. The van der Waals surface area contributed by atoms with Gasteiger partial charge in [0.15, 0.2) is 9.84 Å². The standard InChI is InChI=1S/C18H21ClN2O6S2/c1-3-28(23,24)10-9-20-18(22)13-5-4-6-15(11-13)29(25,26)21-16-12-14(19)7-8-17(16)27-2/h4-8,11-12,21H,3,9-10H2,1-2H3,(H,20,22). The van der Waals surface area contributed by atoms with Gasteiger partial charge in [-0.15, -0.1) is 0 Å². The molecular formula is C18H21ClN2O6S2. The highest BCUT2D eigenvalue weighted by molar-refractivity contribution is 7.92. The van der Waals surface area contributed by atoms with Gasteiger partial charge in [-0.25, -0.2) is 16.8 Å². The molecule has 0 fully saturated rings. The number of benzene rings is 2. The third-order valence-corrected chi connectivity index (χ3v) is 7.25. The lowest BCUT2D eigenvalue weighted by atomic mass is 10.2. The third kappa shape index (κ3) is 6.34. The van der Waals surface area contributed by atoms with Gasteiger partial charge < -0.3 is 10.1 Å². The summed E-state index contributed by atoms with van der Waals surface area (Å²) in [6, 6.07) is 9.86. The largest absolute Gasteiger partial charge is 0.495 e. The molecule has 0 aromatic heterocycles. The van der Waals surface area contributed by atoms with E-state index in [1.165, 1.54) is 50.4 Å². The molecule has 0 saturated heterocycles. The first-order valence-electron chi connectivity index (χ1n) is 8.53. The molecule has 158 valence electrons. The molecule has 0 heterocycles. The van der Waals surface area contributed by atoms with Crippen LogP contribution in [0, 0.1) is 0 Å². The van der Waals surface area contributed by atoms with Gasteiger partial charge in [-0.05, 0) is 36.4 Å². The number of anilines is 1. The van der Waals surface area contributed by atoms with E-state index < -0.39 is 25.8 Å². The molecule has 29 heavy (non-hydrogen) atoms. The predicted octanol–water partition coefficient (Wildman–Crippen LogP) is 2.31. The molecule has 1 amide bonds. The molecule has 11 heteroatoms. The highest BCUT2D eigenvalue weighted by atomic mass is 35.5. The van der Waals surface area contributed by atoms with Crippen molar-refractivity contribution in [3.63, 3.8) is 0 Å². The number of nitrogens with one attached hydrogen (secondary N) is 2. The molecule has 0 aliphatic carbocycles. The SMILES string of the molecule is CCS(=O)(=O)CCNC(=O)c1cccc(S(=O)(=O)Nc2cc(Cl)ccc2OC)c1. The van der Waals surface area contributed by atoms with Crippen LogP contribution in [0.3, 0.4) is 0 Å². The summed E-state index contributed by atoms with van der Waals surface area (Å²) in [6.07, 6.45) is 0. The summed E-state index contributed by atoms with van der Waals surface area (Å²) in [5, 5.41) is 2.79. The first kappa shape index (κ1) is 23.0. The van der Waals surface area contributed by atoms with E-state index in [4.69, 9.17) is 16.3 Å². The Hall–Kier alpha value is -2.30. The lowest BCUT2D eigenvalue weighted by Gasteiger charge is -2.13. The number of hydrogen-bond donors (Lipinski definition) is 2. The van der Waals surface area contributed by atoms with Crippen molar-refractivity contribution < 1.29 is 26.4 Å². The minimum Gasteiger partial charge on any atom is -0.495 e. The number of sulfonamides is 1. The maximum absolute atomic E-state index is 12.7. The van der Waals surface area contributed by atoms with E-state index in [1.807, 2.05) is 0 Å². The molecule has 2 aromatic carbocycles. The van der Waals surface area contributed by atoms with Crippen molar-refractivity contribution in [1.29, 1.82) is 0 Å². The quantitative estimate of drug-likeness (QED) is 0.592. The van der Waals surface area contributed by atoms with E-state index >= 15 is 0 Å². The molecule has 2 N–H and O–H groups in total. The van der Waals surface area contributed by atoms with Crippen molar-refractivity contribution in [2.24, 2.45) is 0 Å². The van der Waals surface area contributed by atoms with Crippen molar-refractivity contribution in [2.45, 2.75) is 11.8 Å². The molecule has 0 aliphatic rings. The Morgan fingerprint density at radius 1 is 1.10 bits per heavy atom. The minimum atomic E-state index is -4.03. The van der Waals surface area contributed by atoms with Gasteiger partial charge in [0.05, 0.1) is 23.4 Å². The van der Waals surface area contributed by atoms with Gasteiger partial charge in [-0.1, -0.05) is 24.6 Å². The zero-order chi connectivity index (χ0) is 21.7. The second-order valence-electron chi connectivity index (χ2n) is 5.97. The van der Waals surface area contributed by atoms with Crippen LogP contribution in [0.25, 0.3) is 0 Å². The van der Waals surface area contributed by atoms with Gasteiger partial charge in [0.2, 0.25) is 0 Å². The van der Waals surface area contributed by atoms with Crippen LogP contribution in [0.15, 0.2) is 47.4 Å². The summed E-state index contributed by atoms with van der Waals surface area (Å²) in [6.45, 7) is 1.46. The van der Waals surface area contributed by atoms with Crippen LogP contribution in [-0.4, -0.2) is 47.9 Å². The monoisotopic (exact) mass is 460 g/mol. The first-order valence-corrected chi connectivity index (χ1v) is 12.2. The number of sulfone groups is 1. The van der Waals surface area contributed by atoms with Gasteiger partial charge in [-0.3, -0.25) is 9.52 Å². The molecule has 0 saturated carbocycles. The highest BCUT2D eigenvalue weighted by Gasteiger charge is 2.19. The molecule has 0 aliphatic heterocycles. The molecule has 2 aromatic rings. The number of rotatable bonds is 9. The number of halogens is 1. The summed E-state index contributed by atoms with van der Waals surface area (Å²) in [4.78, 5) is 12.1. The van der Waals surface area contributed by atoms with Gasteiger partial charge in [0.25, 0.3) is 15.9 Å². The Morgan fingerprint density at radius 2 is 1.83 bits per heavy atom. The van der Waals surface area contributed by atoms with Gasteiger partial charge in [0.1, 0.15) is 5.75 Å². The lowest BCUT2D eigenvalue weighted by Crippen LogP contribution is -2.29. The van der Waals surface area contributed by atoms with E-state index in [1.54, 1.807) is 6.07 Å². The Morgan fingerprint density at radius 3 is 2.48 bits per heavy atom. The Bertz CT molecular complexity index is 1100. The average molecular weight is 461 g/mol. The van der Waals surface area contributed by atoms with Crippen molar-refractivity contribution in [1.82, 2.24) is 5.32 Å². The number of amides is 1. The number of carbonyl (C=O) groups is 1. The second-order valence-corrected chi connectivity index (χ2v) is 10.6. The van der Waals surface area contributed by atoms with E-state index in [0.717, 1.165) is 0 Å². The molecular weight excluding hydrogens is 440 g/mol. The molecule has 0 atom stereocenters. The number of methoxy groups -OCH3 is 1. The summed E-state index contributed by atoms with van der Waals surface area (Å²) in [5.41, 5.74) is 0.236. The summed E-state index contributed by atoms with van der Waals surface area (Å²) in [7, 11) is -5.85. The summed E-state index contributed by atoms with van der Waals surface area (Å²) >= 11 is 5.92. The van der Waals surface area contributed by atoms with Crippen molar-refractivity contribution in [3.8, 4) is 5.75 Å². The summed E-state index contributed by atoms with van der Waals surface area (Å²) in [5.74, 6) is -0.504. The smallest absolute Gasteiger partial charge is 0.262 e. The second kappa shape index (κ2) is 9.47. The molecule has 2 rings (SSSR count). The number of hydrogen-bond acceptors (Lipinski definition) is 6. The zero-order valence-corrected chi connectivity index (χ0v) is 18.2. The molecule has 0 bridgehead atoms. The Labute approximate surface area is 175 Å². The van der Waals surface area contributed by atoms with Crippen molar-refractivity contribution in [3.05, 3.63) is 53.1 Å². The fraction of sp³-hybridized carbons (Fsp3) is 0.278. The normalized spacial score (nSPS) is 11.7. The van der Waals surface area contributed by atoms with E-state index in [0.29, 0.717) is 5.02 Å². The fourth-order valence-electron chi connectivity index (χ4n) is 2.33. The van der Waals surface area contributed by atoms with E-state index in [-0.39, 0.29) is 39.9 Å².